The number of thiocarbonyl (C=S) groups is 1. The molecular formula is C11H9Cl3F3N3O2S. The minimum atomic E-state index is -4.64. The molecule has 0 atom stereocenters. The normalized spacial score (nSPS) is 10.9. The third-order valence-electron chi connectivity index (χ3n) is 2.23. The summed E-state index contributed by atoms with van der Waals surface area (Å²) in [6, 6.07) is 2.64. The van der Waals surface area contributed by atoms with Gasteiger partial charge in [0, 0.05) is 5.02 Å². The van der Waals surface area contributed by atoms with E-state index in [4.69, 9.17) is 47.0 Å². The van der Waals surface area contributed by atoms with Crippen molar-refractivity contribution in [1.82, 2.24) is 10.4 Å². The van der Waals surface area contributed by atoms with Crippen molar-refractivity contribution >= 4 is 63.9 Å². The van der Waals surface area contributed by atoms with E-state index in [1.807, 2.05) is 5.43 Å². The number of amides is 1. The Morgan fingerprint density at radius 2 is 1.83 bits per heavy atom. The number of halogens is 6. The zero-order valence-electron chi connectivity index (χ0n) is 11.3. The Morgan fingerprint density at radius 1 is 1.30 bits per heavy atom. The zero-order valence-corrected chi connectivity index (χ0v) is 14.4. The molecule has 2 N–H and O–H groups in total. The van der Waals surface area contributed by atoms with Gasteiger partial charge in [0.05, 0.1) is 22.8 Å². The van der Waals surface area contributed by atoms with E-state index in [1.54, 1.807) is 0 Å². The summed E-state index contributed by atoms with van der Waals surface area (Å²) in [5.41, 5.74) is 1.87. The zero-order chi connectivity index (χ0) is 17.8. The maximum absolute atomic E-state index is 12.6. The van der Waals surface area contributed by atoms with Crippen molar-refractivity contribution in [3.8, 4) is 0 Å². The van der Waals surface area contributed by atoms with Gasteiger partial charge in [-0.3, -0.25) is 0 Å². The highest BCUT2D eigenvalue weighted by atomic mass is 35.5. The Morgan fingerprint density at radius 3 is 2.26 bits per heavy atom. The first kappa shape index (κ1) is 19.9. The van der Waals surface area contributed by atoms with Crippen LogP contribution in [0.5, 0.6) is 0 Å². The van der Waals surface area contributed by atoms with E-state index in [9.17, 15) is 18.0 Å². The van der Waals surface area contributed by atoms with Gasteiger partial charge in [-0.05, 0) is 24.4 Å². The Bertz CT molecular complexity index is 593. The molecule has 0 saturated heterocycles. The number of carbonyl (C=O) groups is 1. The van der Waals surface area contributed by atoms with Crippen LogP contribution in [0.15, 0.2) is 12.1 Å². The van der Waals surface area contributed by atoms with E-state index >= 15 is 0 Å². The number of hydrazine groups is 1. The Labute approximate surface area is 149 Å². The van der Waals surface area contributed by atoms with Crippen LogP contribution >= 0.6 is 47.0 Å². The summed E-state index contributed by atoms with van der Waals surface area (Å²) in [6.45, 7) is -1.56. The molecule has 1 rings (SSSR count). The maximum atomic E-state index is 12.6. The smallest absolute Gasteiger partial charge is 0.425 e. The van der Waals surface area contributed by atoms with Crippen molar-refractivity contribution in [3.05, 3.63) is 27.2 Å². The quantitative estimate of drug-likeness (QED) is 0.556. The van der Waals surface area contributed by atoms with Gasteiger partial charge in [-0.1, -0.05) is 34.8 Å². The van der Waals surface area contributed by atoms with Gasteiger partial charge in [-0.15, -0.1) is 0 Å². The predicted octanol–water partition coefficient (Wildman–Crippen LogP) is 4.48. The van der Waals surface area contributed by atoms with Crippen LogP contribution in [0.25, 0.3) is 0 Å². The van der Waals surface area contributed by atoms with Gasteiger partial charge in [0.2, 0.25) is 0 Å². The minimum absolute atomic E-state index is 0.0369. The van der Waals surface area contributed by atoms with Crippen molar-refractivity contribution in [2.75, 3.05) is 19.0 Å². The average molecular weight is 411 g/mol. The van der Waals surface area contributed by atoms with E-state index in [1.165, 1.54) is 12.1 Å². The summed E-state index contributed by atoms with van der Waals surface area (Å²) in [6.07, 6.45) is -5.77. The van der Waals surface area contributed by atoms with Crippen molar-refractivity contribution < 1.29 is 22.7 Å². The lowest BCUT2D eigenvalue weighted by molar-refractivity contribution is -0.141. The number of alkyl halides is 3. The van der Waals surface area contributed by atoms with Crippen molar-refractivity contribution in [2.45, 2.75) is 6.18 Å². The van der Waals surface area contributed by atoms with Crippen LogP contribution in [0, 0.1) is 0 Å². The van der Waals surface area contributed by atoms with E-state index in [2.05, 4.69) is 10.1 Å². The summed E-state index contributed by atoms with van der Waals surface area (Å²) in [7, 11) is 0.991. The standard InChI is InChI=1S/C11H9Cl3F3N3O2S/c1-22-10(21)19-20(4-11(15,16)17)9(23)18-8-6(13)2-5(12)3-7(8)14/h2-3H,4H2,1H3,(H,18,23)(H,19,21). The number of methoxy groups -OCH3 is 1. The molecule has 0 fully saturated rings. The van der Waals surface area contributed by atoms with Crippen LogP contribution < -0.4 is 10.7 Å². The molecule has 0 saturated carbocycles. The molecule has 12 heteroatoms. The second-order valence-electron chi connectivity index (χ2n) is 3.98. The maximum Gasteiger partial charge on any atom is 0.425 e. The summed E-state index contributed by atoms with van der Waals surface area (Å²) in [4.78, 5) is 11.1. The fourth-order valence-electron chi connectivity index (χ4n) is 1.33. The van der Waals surface area contributed by atoms with Gasteiger partial charge in [-0.2, -0.15) is 13.2 Å². The van der Waals surface area contributed by atoms with E-state index < -0.39 is 23.9 Å². The first-order valence-corrected chi connectivity index (χ1v) is 7.22. The molecule has 0 heterocycles. The third kappa shape index (κ3) is 6.46. The first-order valence-electron chi connectivity index (χ1n) is 5.68. The van der Waals surface area contributed by atoms with Gasteiger partial charge in [0.15, 0.2) is 5.11 Å². The highest BCUT2D eigenvalue weighted by Crippen LogP contribution is 2.33. The molecule has 128 valence electrons. The number of hydrogen-bond acceptors (Lipinski definition) is 3. The number of anilines is 1. The van der Waals surface area contributed by atoms with Crippen molar-refractivity contribution in [3.63, 3.8) is 0 Å². The second-order valence-corrected chi connectivity index (χ2v) is 5.62. The average Bonchev–Trinajstić information content (AvgIpc) is 2.40. The van der Waals surface area contributed by atoms with E-state index in [-0.39, 0.29) is 20.8 Å². The van der Waals surface area contributed by atoms with Gasteiger partial charge in [0.1, 0.15) is 6.54 Å². The number of ether oxygens (including phenoxy) is 1. The molecule has 1 aromatic carbocycles. The molecule has 0 aliphatic rings. The van der Waals surface area contributed by atoms with Crippen LogP contribution in [0.3, 0.4) is 0 Å². The van der Waals surface area contributed by atoms with Gasteiger partial charge < -0.3 is 10.1 Å². The largest absolute Gasteiger partial charge is 0.452 e. The van der Waals surface area contributed by atoms with Gasteiger partial charge in [-0.25, -0.2) is 15.2 Å². The molecule has 0 aliphatic carbocycles. The Balaban J connectivity index is 2.99. The minimum Gasteiger partial charge on any atom is -0.452 e. The molecule has 0 bridgehead atoms. The fourth-order valence-corrected chi connectivity index (χ4v) is 2.46. The van der Waals surface area contributed by atoms with Crippen molar-refractivity contribution in [2.24, 2.45) is 0 Å². The number of rotatable bonds is 2. The predicted molar refractivity (Wildman–Crippen MR) is 86.0 cm³/mol. The first-order chi connectivity index (χ1) is 10.5. The number of nitrogens with zero attached hydrogens (tertiary/aromatic N) is 1. The topological polar surface area (TPSA) is 53.6 Å². The summed E-state index contributed by atoms with van der Waals surface area (Å²) in [5, 5.41) is 2.56. The molecule has 1 aromatic rings. The van der Waals surface area contributed by atoms with Crippen molar-refractivity contribution in [1.29, 1.82) is 0 Å². The Kier molecular flexibility index (Phi) is 7.00. The van der Waals surface area contributed by atoms with Crippen LogP contribution in [-0.4, -0.2) is 36.0 Å². The number of benzene rings is 1. The van der Waals surface area contributed by atoms with Gasteiger partial charge in [0.25, 0.3) is 0 Å². The number of carbonyl (C=O) groups excluding carboxylic acids is 1. The molecular weight excluding hydrogens is 402 g/mol. The fraction of sp³-hybridized carbons (Fsp3) is 0.273. The molecule has 0 aliphatic heterocycles. The van der Waals surface area contributed by atoms with Crippen LogP contribution in [-0.2, 0) is 4.74 Å². The second kappa shape index (κ2) is 8.09. The Hall–Kier alpha value is -1.16. The van der Waals surface area contributed by atoms with Crippen LogP contribution in [0.1, 0.15) is 0 Å². The van der Waals surface area contributed by atoms with Gasteiger partial charge >= 0.3 is 12.3 Å². The van der Waals surface area contributed by atoms with Crippen LogP contribution in [0.2, 0.25) is 15.1 Å². The molecule has 23 heavy (non-hydrogen) atoms. The number of hydrogen-bond donors (Lipinski definition) is 2. The summed E-state index contributed by atoms with van der Waals surface area (Å²) < 4.78 is 42.0. The molecule has 0 spiro atoms. The lowest BCUT2D eigenvalue weighted by Gasteiger charge is -2.26. The highest BCUT2D eigenvalue weighted by Gasteiger charge is 2.33. The molecule has 0 radical (unpaired) electrons. The third-order valence-corrected chi connectivity index (χ3v) is 3.37. The monoisotopic (exact) mass is 409 g/mol. The van der Waals surface area contributed by atoms with E-state index in [0.717, 1.165) is 7.11 Å². The summed E-state index contributed by atoms with van der Waals surface area (Å²) in [5.74, 6) is 0. The molecule has 1 amide bonds. The summed E-state index contributed by atoms with van der Waals surface area (Å²) >= 11 is 22.4. The van der Waals surface area contributed by atoms with Crippen LogP contribution in [0.4, 0.5) is 23.7 Å². The lowest BCUT2D eigenvalue weighted by Crippen LogP contribution is -2.51. The number of nitrogens with one attached hydrogen (secondary N) is 2. The SMILES string of the molecule is COC(=O)NN(CC(F)(F)F)C(=S)Nc1c(Cl)cc(Cl)cc1Cl. The lowest BCUT2D eigenvalue weighted by atomic mass is 10.3. The highest BCUT2D eigenvalue weighted by molar-refractivity contribution is 7.80. The molecule has 0 unspecified atom stereocenters. The molecule has 0 aromatic heterocycles. The van der Waals surface area contributed by atoms with E-state index in [0.29, 0.717) is 5.01 Å². The molecule has 5 nitrogen and oxygen atoms in total.